The number of carboxylic acid groups (broad SMARTS) is 1. The van der Waals surface area contributed by atoms with Gasteiger partial charge in [0, 0.05) is 18.8 Å². The molecule has 0 aliphatic carbocycles. The lowest BCUT2D eigenvalue weighted by Crippen LogP contribution is -2.32. The molecule has 1 fully saturated rings. The Morgan fingerprint density at radius 3 is 2.50 bits per heavy atom. The molecule has 0 amide bonds. The van der Waals surface area contributed by atoms with Gasteiger partial charge >= 0.3 is 12.1 Å². The third-order valence-electron chi connectivity index (χ3n) is 2.28. The number of ketones is 1. The van der Waals surface area contributed by atoms with E-state index in [1.165, 1.54) is 4.90 Å². The molecule has 1 N–H and O–H groups in total. The van der Waals surface area contributed by atoms with E-state index < -0.39 is 24.0 Å². The molecule has 16 heavy (non-hydrogen) atoms. The minimum Gasteiger partial charge on any atom is -0.480 e. The van der Waals surface area contributed by atoms with Crippen LogP contribution in [0.4, 0.5) is 13.2 Å². The van der Waals surface area contributed by atoms with Crippen LogP contribution in [0, 0.1) is 0 Å². The second kappa shape index (κ2) is 4.54. The molecule has 0 aromatic carbocycles. The first-order valence-corrected chi connectivity index (χ1v) is 4.60. The van der Waals surface area contributed by atoms with Crippen LogP contribution in [0.3, 0.4) is 0 Å². The summed E-state index contributed by atoms with van der Waals surface area (Å²) < 4.78 is 35.5. The van der Waals surface area contributed by atoms with E-state index in [2.05, 4.69) is 0 Å². The first-order valence-electron chi connectivity index (χ1n) is 4.60. The van der Waals surface area contributed by atoms with Gasteiger partial charge in [0.05, 0.1) is 0 Å². The maximum atomic E-state index is 11.8. The van der Waals surface area contributed by atoms with Crippen LogP contribution in [-0.4, -0.2) is 40.5 Å². The van der Waals surface area contributed by atoms with Crippen LogP contribution in [0.1, 0.15) is 12.8 Å². The highest BCUT2D eigenvalue weighted by Gasteiger charge is 2.36. The molecule has 0 saturated carbocycles. The normalized spacial score (nSPS) is 21.7. The standard InChI is InChI=1S/C9H10F3NO3/c10-9(11,12)7(14)3-5-13-4-1-2-6(13)8(15)16/h3,5-6H,1-2,4H2,(H,15,16)/b5-3-/t6-/m1/s1. The quantitative estimate of drug-likeness (QED) is 0.749. The van der Waals surface area contributed by atoms with Crippen LogP contribution in [0.2, 0.25) is 0 Å². The smallest absolute Gasteiger partial charge is 0.454 e. The Kier molecular flexibility index (Phi) is 3.56. The lowest BCUT2D eigenvalue weighted by atomic mass is 10.2. The molecule has 0 radical (unpaired) electrons. The largest absolute Gasteiger partial charge is 0.480 e. The highest BCUT2D eigenvalue weighted by atomic mass is 19.4. The molecule has 0 spiro atoms. The topological polar surface area (TPSA) is 57.6 Å². The minimum absolute atomic E-state index is 0.346. The van der Waals surface area contributed by atoms with Crippen molar-refractivity contribution in [3.05, 3.63) is 12.3 Å². The predicted molar refractivity (Wildman–Crippen MR) is 47.6 cm³/mol. The Morgan fingerprint density at radius 2 is 2.00 bits per heavy atom. The molecule has 4 nitrogen and oxygen atoms in total. The SMILES string of the molecule is O=C(O)[C@H]1CCCN1/C=C\C(=O)C(F)(F)F. The van der Waals surface area contributed by atoms with E-state index in [0.717, 1.165) is 6.20 Å². The van der Waals surface area contributed by atoms with Crippen LogP contribution in [0.25, 0.3) is 0 Å². The summed E-state index contributed by atoms with van der Waals surface area (Å²) in [5.41, 5.74) is 0. The third-order valence-corrected chi connectivity index (χ3v) is 2.28. The molecule has 90 valence electrons. The van der Waals surface area contributed by atoms with Crippen LogP contribution >= 0.6 is 0 Å². The Bertz CT molecular complexity index is 324. The molecule has 0 bridgehead atoms. The fraction of sp³-hybridized carbons (Fsp3) is 0.556. The van der Waals surface area contributed by atoms with Gasteiger partial charge in [-0.25, -0.2) is 4.79 Å². The lowest BCUT2D eigenvalue weighted by molar-refractivity contribution is -0.165. The Hall–Kier alpha value is -1.53. The molecule has 1 atom stereocenters. The van der Waals surface area contributed by atoms with Gasteiger partial charge in [0.25, 0.3) is 5.78 Å². The fourth-order valence-corrected chi connectivity index (χ4v) is 1.49. The number of carboxylic acids is 1. The molecule has 1 heterocycles. The molecule has 0 aromatic rings. The van der Waals surface area contributed by atoms with Crippen molar-refractivity contribution in [2.75, 3.05) is 6.54 Å². The summed E-state index contributed by atoms with van der Waals surface area (Å²) in [6.07, 6.45) is -2.68. The summed E-state index contributed by atoms with van der Waals surface area (Å²) in [6, 6.07) is -0.836. The van der Waals surface area contributed by atoms with Gasteiger partial charge in [0.15, 0.2) is 0 Å². The van der Waals surface area contributed by atoms with Crippen LogP contribution in [0.15, 0.2) is 12.3 Å². The van der Waals surface area contributed by atoms with Gasteiger partial charge in [-0.2, -0.15) is 13.2 Å². The van der Waals surface area contributed by atoms with Gasteiger partial charge in [-0.15, -0.1) is 0 Å². The van der Waals surface area contributed by atoms with Gasteiger partial charge in [-0.05, 0) is 12.8 Å². The molecular formula is C9H10F3NO3. The maximum absolute atomic E-state index is 11.8. The molecular weight excluding hydrogens is 227 g/mol. The van der Waals surface area contributed by atoms with E-state index in [1.807, 2.05) is 0 Å². The van der Waals surface area contributed by atoms with Gasteiger partial charge in [-0.1, -0.05) is 0 Å². The average Bonchev–Trinajstić information content (AvgIpc) is 2.60. The number of carbonyl (C=O) groups is 2. The van der Waals surface area contributed by atoms with E-state index in [0.29, 0.717) is 25.5 Å². The van der Waals surface area contributed by atoms with Crippen LogP contribution in [-0.2, 0) is 9.59 Å². The van der Waals surface area contributed by atoms with Gasteiger partial charge in [0.1, 0.15) is 6.04 Å². The Balaban J connectivity index is 2.63. The van der Waals surface area contributed by atoms with Crippen molar-refractivity contribution >= 4 is 11.8 Å². The number of halogens is 3. The van der Waals surface area contributed by atoms with E-state index in [9.17, 15) is 22.8 Å². The minimum atomic E-state index is -4.91. The van der Waals surface area contributed by atoms with Crippen molar-refractivity contribution in [2.45, 2.75) is 25.1 Å². The second-order valence-electron chi connectivity index (χ2n) is 3.41. The molecule has 1 aliphatic rings. The average molecular weight is 237 g/mol. The van der Waals surface area contributed by atoms with Gasteiger partial charge in [0.2, 0.25) is 0 Å². The number of hydrogen-bond donors (Lipinski definition) is 1. The number of carbonyl (C=O) groups excluding carboxylic acids is 1. The van der Waals surface area contributed by atoms with Crippen molar-refractivity contribution in [1.29, 1.82) is 0 Å². The first-order chi connectivity index (χ1) is 7.32. The van der Waals surface area contributed by atoms with E-state index >= 15 is 0 Å². The van der Waals surface area contributed by atoms with Crippen molar-refractivity contribution in [3.63, 3.8) is 0 Å². The number of likely N-dealkylation sites (tertiary alicyclic amines) is 1. The first kappa shape index (κ1) is 12.5. The summed E-state index contributed by atoms with van der Waals surface area (Å²) in [5.74, 6) is -3.08. The summed E-state index contributed by atoms with van der Waals surface area (Å²) in [4.78, 5) is 22.4. The Labute approximate surface area is 89.3 Å². The van der Waals surface area contributed by atoms with Gasteiger partial charge < -0.3 is 10.0 Å². The number of aliphatic carboxylic acids is 1. The molecule has 7 heteroatoms. The molecule has 0 unspecified atom stereocenters. The Morgan fingerprint density at radius 1 is 1.38 bits per heavy atom. The van der Waals surface area contributed by atoms with E-state index in [4.69, 9.17) is 5.11 Å². The van der Waals surface area contributed by atoms with Crippen molar-refractivity contribution < 1.29 is 27.9 Å². The predicted octanol–water partition coefficient (Wildman–Crippen LogP) is 1.18. The zero-order valence-electron chi connectivity index (χ0n) is 8.20. The maximum Gasteiger partial charge on any atom is 0.454 e. The summed E-state index contributed by atoms with van der Waals surface area (Å²) in [6.45, 7) is 0.346. The molecule has 1 saturated heterocycles. The highest BCUT2D eigenvalue weighted by Crippen LogP contribution is 2.20. The van der Waals surface area contributed by atoms with E-state index in [-0.39, 0.29) is 0 Å². The van der Waals surface area contributed by atoms with Gasteiger partial charge in [-0.3, -0.25) is 4.79 Å². The fourth-order valence-electron chi connectivity index (χ4n) is 1.49. The molecule has 1 rings (SSSR count). The van der Waals surface area contributed by atoms with Crippen LogP contribution < -0.4 is 0 Å². The second-order valence-corrected chi connectivity index (χ2v) is 3.41. The lowest BCUT2D eigenvalue weighted by Gasteiger charge is -2.18. The summed E-state index contributed by atoms with van der Waals surface area (Å²) >= 11 is 0. The molecule has 1 aliphatic heterocycles. The third kappa shape index (κ3) is 2.98. The number of allylic oxidation sites excluding steroid dienone is 1. The number of nitrogens with zero attached hydrogens (tertiary/aromatic N) is 1. The summed E-state index contributed by atoms with van der Waals surface area (Å²) in [5, 5.41) is 8.73. The zero-order valence-corrected chi connectivity index (χ0v) is 8.20. The van der Waals surface area contributed by atoms with Crippen molar-refractivity contribution in [1.82, 2.24) is 4.90 Å². The highest BCUT2D eigenvalue weighted by molar-refractivity contribution is 5.94. The van der Waals surface area contributed by atoms with Crippen molar-refractivity contribution in [2.24, 2.45) is 0 Å². The number of rotatable bonds is 3. The van der Waals surface area contributed by atoms with Crippen LogP contribution in [0.5, 0.6) is 0 Å². The summed E-state index contributed by atoms with van der Waals surface area (Å²) in [7, 11) is 0. The number of hydrogen-bond acceptors (Lipinski definition) is 3. The molecule has 0 aromatic heterocycles. The zero-order chi connectivity index (χ0) is 12.3. The number of alkyl halides is 3. The van der Waals surface area contributed by atoms with E-state index in [1.54, 1.807) is 0 Å². The van der Waals surface area contributed by atoms with Crippen molar-refractivity contribution in [3.8, 4) is 0 Å². The monoisotopic (exact) mass is 237 g/mol.